The minimum atomic E-state index is -0.539. The molecule has 0 bridgehead atoms. The molecule has 1 unspecified atom stereocenters. The van der Waals surface area contributed by atoms with Crippen molar-refractivity contribution in [1.82, 2.24) is 4.90 Å². The zero-order chi connectivity index (χ0) is 25.0. The first-order chi connectivity index (χ1) is 16.7. The Hall–Kier alpha value is -3.73. The van der Waals surface area contributed by atoms with Crippen LogP contribution >= 0.6 is 0 Å². The van der Waals surface area contributed by atoms with Gasteiger partial charge in [0.05, 0.1) is 11.1 Å². The average Bonchev–Trinajstić information content (AvgIpc) is 3.08. The maximum atomic E-state index is 13.8. The predicted octanol–water partition coefficient (Wildman–Crippen LogP) is 5.37. The summed E-state index contributed by atoms with van der Waals surface area (Å²) < 4.78 is 0. The number of rotatable bonds is 4. The number of carbonyl (C=O) groups excluding carboxylic acids is 3. The number of hydrogen-bond donors (Lipinski definition) is 0. The van der Waals surface area contributed by atoms with Crippen LogP contribution in [-0.2, 0) is 16.6 Å². The molecule has 0 fully saturated rings. The number of benzene rings is 3. The Morgan fingerprint density at radius 3 is 2.00 bits per heavy atom. The zero-order valence-electron chi connectivity index (χ0n) is 20.7. The number of anilines is 1. The van der Waals surface area contributed by atoms with Crippen molar-refractivity contribution in [2.24, 2.45) is 0 Å². The Bertz CT molecular complexity index is 1310. The van der Waals surface area contributed by atoms with Crippen LogP contribution in [0.4, 0.5) is 5.69 Å². The Morgan fingerprint density at radius 1 is 0.829 bits per heavy atom. The molecule has 0 saturated heterocycles. The Balaban J connectivity index is 1.52. The topological polar surface area (TPSA) is 57.7 Å². The second-order valence-corrected chi connectivity index (χ2v) is 10.4. The lowest BCUT2D eigenvalue weighted by Crippen LogP contribution is -2.58. The second kappa shape index (κ2) is 8.19. The molecule has 5 heteroatoms. The van der Waals surface area contributed by atoms with Gasteiger partial charge in [0.15, 0.2) is 0 Å². The summed E-state index contributed by atoms with van der Waals surface area (Å²) in [6.07, 6.45) is 1.69. The fourth-order valence-corrected chi connectivity index (χ4v) is 5.93. The van der Waals surface area contributed by atoms with E-state index < -0.39 is 17.4 Å². The molecule has 2 aliphatic rings. The molecule has 3 aromatic rings. The average molecular weight is 467 g/mol. The first-order valence-electron chi connectivity index (χ1n) is 12.1. The third-order valence-electron chi connectivity index (χ3n) is 7.55. The lowest BCUT2D eigenvalue weighted by atomic mass is 9.65. The Kier molecular flexibility index (Phi) is 5.39. The van der Waals surface area contributed by atoms with E-state index in [1.165, 1.54) is 11.1 Å². The van der Waals surface area contributed by atoms with Gasteiger partial charge in [-0.25, -0.2) is 0 Å². The van der Waals surface area contributed by atoms with E-state index in [2.05, 4.69) is 58.0 Å². The van der Waals surface area contributed by atoms with Crippen LogP contribution in [0.2, 0.25) is 0 Å². The minimum Gasteiger partial charge on any atom is -0.305 e. The summed E-state index contributed by atoms with van der Waals surface area (Å²) in [6, 6.07) is 23.5. The number of hydrogen-bond acceptors (Lipinski definition) is 3. The predicted molar refractivity (Wildman–Crippen MR) is 137 cm³/mol. The first-order valence-corrected chi connectivity index (χ1v) is 12.1. The molecule has 0 saturated carbocycles. The van der Waals surface area contributed by atoms with Crippen LogP contribution in [0.15, 0.2) is 72.8 Å². The maximum absolute atomic E-state index is 13.8. The Labute approximate surface area is 206 Å². The van der Waals surface area contributed by atoms with Gasteiger partial charge in [-0.2, -0.15) is 0 Å². The third-order valence-corrected chi connectivity index (χ3v) is 7.55. The summed E-state index contributed by atoms with van der Waals surface area (Å²) in [5.74, 6) is -1.09. The fraction of sp³-hybridized carbons (Fsp3) is 0.300. The van der Waals surface area contributed by atoms with E-state index in [0.29, 0.717) is 17.5 Å². The van der Waals surface area contributed by atoms with E-state index in [1.54, 1.807) is 29.2 Å². The van der Waals surface area contributed by atoms with Gasteiger partial charge >= 0.3 is 0 Å². The van der Waals surface area contributed by atoms with Gasteiger partial charge in [0.1, 0.15) is 6.54 Å². The molecular weight excluding hydrogens is 436 g/mol. The first kappa shape index (κ1) is 23.0. The van der Waals surface area contributed by atoms with Crippen molar-refractivity contribution in [3.8, 4) is 0 Å². The number of nitrogens with zero attached hydrogens (tertiary/aromatic N) is 2. The highest BCUT2D eigenvalue weighted by Crippen LogP contribution is 2.50. The largest absolute Gasteiger partial charge is 0.305 e. The SMILES string of the molecule is CCc1ccc(C2(C)CC(C)(C)N(C(=O)CN3C(=O)c4ccccc4C3=O)c3ccccc32)cc1. The summed E-state index contributed by atoms with van der Waals surface area (Å²) >= 11 is 0. The number of carbonyl (C=O) groups is 3. The van der Waals surface area contributed by atoms with Gasteiger partial charge in [0.2, 0.25) is 5.91 Å². The van der Waals surface area contributed by atoms with Crippen LogP contribution in [0.1, 0.15) is 71.5 Å². The van der Waals surface area contributed by atoms with Gasteiger partial charge in [-0.3, -0.25) is 19.3 Å². The summed E-state index contributed by atoms with van der Waals surface area (Å²) in [5.41, 5.74) is 4.27. The lowest BCUT2D eigenvalue weighted by Gasteiger charge is -2.51. The molecule has 3 aromatic carbocycles. The quantitative estimate of drug-likeness (QED) is 0.486. The molecule has 0 N–H and O–H groups in total. The van der Waals surface area contributed by atoms with Crippen LogP contribution in [-0.4, -0.2) is 34.7 Å². The molecule has 178 valence electrons. The highest BCUT2D eigenvalue weighted by molar-refractivity contribution is 6.22. The molecule has 0 aromatic heterocycles. The molecule has 2 heterocycles. The molecule has 5 nitrogen and oxygen atoms in total. The van der Waals surface area contributed by atoms with Crippen molar-refractivity contribution in [2.75, 3.05) is 11.4 Å². The lowest BCUT2D eigenvalue weighted by molar-refractivity contribution is -0.120. The molecule has 2 aliphatic heterocycles. The summed E-state index contributed by atoms with van der Waals surface area (Å²) in [4.78, 5) is 42.5. The van der Waals surface area contributed by atoms with Crippen molar-refractivity contribution in [3.63, 3.8) is 0 Å². The van der Waals surface area contributed by atoms with Gasteiger partial charge in [-0.05, 0) is 61.6 Å². The molecule has 3 amide bonds. The van der Waals surface area contributed by atoms with Crippen molar-refractivity contribution in [2.45, 2.75) is 51.5 Å². The van der Waals surface area contributed by atoms with Crippen LogP contribution in [0.5, 0.6) is 0 Å². The van der Waals surface area contributed by atoms with Gasteiger partial charge in [0, 0.05) is 16.6 Å². The maximum Gasteiger partial charge on any atom is 0.262 e. The number of aryl methyl sites for hydroxylation is 1. The molecule has 1 atom stereocenters. The van der Waals surface area contributed by atoms with E-state index >= 15 is 0 Å². The van der Waals surface area contributed by atoms with Crippen LogP contribution in [0.25, 0.3) is 0 Å². The molecule has 35 heavy (non-hydrogen) atoms. The zero-order valence-corrected chi connectivity index (χ0v) is 20.7. The molecule has 5 rings (SSSR count). The van der Waals surface area contributed by atoms with E-state index in [9.17, 15) is 14.4 Å². The normalized spacial score (nSPS) is 20.6. The van der Waals surface area contributed by atoms with E-state index in [-0.39, 0.29) is 17.9 Å². The third kappa shape index (κ3) is 3.57. The smallest absolute Gasteiger partial charge is 0.262 e. The monoisotopic (exact) mass is 466 g/mol. The number of imide groups is 1. The summed E-state index contributed by atoms with van der Waals surface area (Å²) in [6.45, 7) is 8.21. The van der Waals surface area contributed by atoms with Crippen molar-refractivity contribution < 1.29 is 14.4 Å². The van der Waals surface area contributed by atoms with Crippen LogP contribution in [0.3, 0.4) is 0 Å². The van der Waals surface area contributed by atoms with E-state index in [4.69, 9.17) is 0 Å². The number of para-hydroxylation sites is 1. The second-order valence-electron chi connectivity index (χ2n) is 10.4. The molecule has 0 aliphatic carbocycles. The fourth-order valence-electron chi connectivity index (χ4n) is 5.93. The van der Waals surface area contributed by atoms with E-state index in [0.717, 1.165) is 22.6 Å². The van der Waals surface area contributed by atoms with Crippen molar-refractivity contribution in [3.05, 3.63) is 101 Å². The van der Waals surface area contributed by atoms with Crippen LogP contribution < -0.4 is 4.90 Å². The van der Waals surface area contributed by atoms with Crippen molar-refractivity contribution in [1.29, 1.82) is 0 Å². The Morgan fingerprint density at radius 2 is 1.40 bits per heavy atom. The number of fused-ring (bicyclic) bond motifs is 2. The van der Waals surface area contributed by atoms with Gasteiger partial charge < -0.3 is 4.90 Å². The van der Waals surface area contributed by atoms with Crippen LogP contribution in [0, 0.1) is 0 Å². The highest BCUT2D eigenvalue weighted by Gasteiger charge is 2.48. The molecule has 0 radical (unpaired) electrons. The van der Waals surface area contributed by atoms with Gasteiger partial charge in [-0.15, -0.1) is 0 Å². The summed E-state index contributed by atoms with van der Waals surface area (Å²) in [5, 5.41) is 0. The number of amides is 3. The van der Waals surface area contributed by atoms with E-state index in [1.807, 2.05) is 18.2 Å². The van der Waals surface area contributed by atoms with Crippen molar-refractivity contribution >= 4 is 23.4 Å². The van der Waals surface area contributed by atoms with Gasteiger partial charge in [0.25, 0.3) is 11.8 Å². The minimum absolute atomic E-state index is 0.264. The molecular formula is C30H30N2O3. The standard InChI is InChI=1S/C30H30N2O3/c1-5-20-14-16-21(17-15-20)30(4)19-29(2,3)32(25-13-9-8-12-24(25)30)26(33)18-31-27(34)22-10-6-7-11-23(22)28(31)35/h6-17H,5,18-19H2,1-4H3. The van der Waals surface area contributed by atoms with Gasteiger partial charge in [-0.1, -0.05) is 68.4 Å². The summed E-state index contributed by atoms with van der Waals surface area (Å²) in [7, 11) is 0. The molecule has 0 spiro atoms. The highest BCUT2D eigenvalue weighted by atomic mass is 16.2.